The average Bonchev–Trinajstić information content (AvgIpc) is 1.60. The lowest BCUT2D eigenvalue weighted by Crippen LogP contribution is -2.52. The van der Waals surface area contributed by atoms with Crippen LogP contribution in [0.1, 0.15) is 108 Å². The van der Waals surface area contributed by atoms with Gasteiger partial charge in [0.1, 0.15) is 25.3 Å². The van der Waals surface area contributed by atoms with Gasteiger partial charge in [-0.3, -0.25) is 0 Å². The minimum absolute atomic E-state index is 0.110. The topological polar surface area (TPSA) is 138 Å². The molecule has 0 spiro atoms. The third-order valence-electron chi connectivity index (χ3n) is 25.1. The van der Waals surface area contributed by atoms with Crippen LogP contribution in [0.15, 0.2) is 211 Å². The van der Waals surface area contributed by atoms with Crippen LogP contribution in [0.25, 0.3) is 54.6 Å². The Hall–Kier alpha value is -5.93. The first-order chi connectivity index (χ1) is 45.2. The van der Waals surface area contributed by atoms with Gasteiger partial charge in [-0.1, -0.05) is 251 Å². The van der Waals surface area contributed by atoms with Gasteiger partial charge < -0.3 is 17.7 Å². The molecule has 16 heteroatoms. The summed E-state index contributed by atoms with van der Waals surface area (Å²) >= 11 is 0. The van der Waals surface area contributed by atoms with E-state index in [1.807, 2.05) is 158 Å². The van der Waals surface area contributed by atoms with Crippen LogP contribution in [0.3, 0.4) is 0 Å². The highest BCUT2D eigenvalue weighted by Gasteiger charge is 2.68. The van der Waals surface area contributed by atoms with Gasteiger partial charge in [-0.2, -0.15) is 8.30 Å². The number of furan rings is 2. The predicted molar refractivity (Wildman–Crippen MR) is 408 cm³/mol. The van der Waals surface area contributed by atoms with Crippen LogP contribution in [0.2, 0.25) is 36.3 Å². The van der Waals surface area contributed by atoms with E-state index in [-0.39, 0.29) is 45.6 Å². The van der Waals surface area contributed by atoms with Crippen molar-refractivity contribution in [2.75, 3.05) is 11.5 Å². The molecule has 4 saturated carbocycles. The summed E-state index contributed by atoms with van der Waals surface area (Å²) in [4.78, 5) is 0. The fraction of sp³-hybridized carbons (Fsp3) is 0.400. The molecule has 0 radical (unpaired) electrons. The standard InChI is InChI=1S/C80H94N2O8P2S2Si2/c1-75(2,3)95(11,12)89-67-51-57-47-49-79(67,77(57,7)8)53-93(83,84)81-91(59-33-19-15-20-34-59,60-35-21-16-22-36-60)73-71(69-63-41-29-27-31-55(63)43-45-65(69)87-73)72-70-64-42-30-28-32-56(64)44-46-66(70)88-74(72)92(61-37-23-17-24-38-61,62-39-25-18-26-40-62)82-94(85,86)54-80-50-48-58(78(80,9)10)52-68(80)90-96(13,14)76(4,5)6/h15-46,57-58,67-68H,47-54H2,1-14H3/t57-,58-,67-,68-,79-,80-/m1/s1. The van der Waals surface area contributed by atoms with E-state index in [4.69, 9.17) is 26.0 Å². The van der Waals surface area contributed by atoms with Crippen LogP contribution in [0.5, 0.6) is 0 Å². The normalized spacial score (nSPS) is 23.0. The monoisotopic (exact) mass is 1390 g/mol. The summed E-state index contributed by atoms with van der Waals surface area (Å²) in [5.74, 6) is 0.0985. The Morgan fingerprint density at radius 1 is 0.448 bits per heavy atom. The van der Waals surface area contributed by atoms with Crippen molar-refractivity contribution in [3.05, 3.63) is 194 Å². The third kappa shape index (κ3) is 10.5. The van der Waals surface area contributed by atoms with Gasteiger partial charge in [0.2, 0.25) is 0 Å². The van der Waals surface area contributed by atoms with Crippen LogP contribution in [0, 0.1) is 33.5 Å². The third-order valence-corrected chi connectivity index (χ3v) is 45.7. The second-order valence-electron chi connectivity index (χ2n) is 32.5. The molecule has 96 heavy (non-hydrogen) atoms. The quantitative estimate of drug-likeness (QED) is 0.0649. The molecular formula is C80H94N2O8P2S2Si2. The lowest BCUT2D eigenvalue weighted by molar-refractivity contribution is 0.0236. The largest absolute Gasteiger partial charge is 0.453 e. The number of hydrogen-bond donors (Lipinski definition) is 0. The molecule has 14 rings (SSSR count). The molecule has 0 saturated heterocycles. The van der Waals surface area contributed by atoms with Crippen molar-refractivity contribution in [3.63, 3.8) is 0 Å². The minimum Gasteiger partial charge on any atom is -0.453 e. The molecule has 0 aliphatic heterocycles. The molecule has 4 aliphatic rings. The molecule has 2 aromatic heterocycles. The molecule has 0 unspecified atom stereocenters. The van der Waals surface area contributed by atoms with E-state index < -0.39 is 72.5 Å². The maximum atomic E-state index is 16.9. The zero-order valence-corrected chi connectivity index (χ0v) is 63.7. The highest BCUT2D eigenvalue weighted by molar-refractivity contribution is 8.00. The summed E-state index contributed by atoms with van der Waals surface area (Å²) in [6.07, 6.45) is 4.19. The van der Waals surface area contributed by atoms with E-state index in [0.717, 1.165) is 58.0 Å². The Kier molecular flexibility index (Phi) is 16.4. The first kappa shape index (κ1) is 67.3. The highest BCUT2D eigenvalue weighted by Crippen LogP contribution is 2.70. The summed E-state index contributed by atoms with van der Waals surface area (Å²) in [5, 5.41) is 7.49. The molecule has 10 nitrogen and oxygen atoms in total. The number of fused-ring (bicyclic) bond motifs is 10. The zero-order valence-electron chi connectivity index (χ0n) is 58.3. The van der Waals surface area contributed by atoms with Gasteiger partial charge in [0, 0.05) is 53.9 Å². The first-order valence-corrected chi connectivity index (χ1v) is 47.0. The molecule has 0 N–H and O–H groups in total. The van der Waals surface area contributed by atoms with E-state index >= 15 is 16.8 Å². The Labute approximate surface area is 571 Å². The number of benzene rings is 8. The number of hydrogen-bond acceptors (Lipinski definition) is 8. The van der Waals surface area contributed by atoms with Gasteiger partial charge in [0.15, 0.2) is 27.6 Å². The lowest BCUT2D eigenvalue weighted by atomic mass is 9.70. The van der Waals surface area contributed by atoms with Crippen LogP contribution in [-0.2, 0) is 28.9 Å². The molecule has 6 atom stereocenters. The van der Waals surface area contributed by atoms with Crippen molar-refractivity contribution < 1.29 is 34.5 Å². The second-order valence-corrected chi connectivity index (χ2v) is 51.7. The summed E-state index contributed by atoms with van der Waals surface area (Å²) in [6, 6.07) is 64.3. The Bertz CT molecular complexity index is 4630. The van der Waals surface area contributed by atoms with Gasteiger partial charge in [-0.05, 0) is 131 Å². The van der Waals surface area contributed by atoms with E-state index in [0.29, 0.717) is 67.4 Å². The van der Waals surface area contributed by atoms with Gasteiger partial charge in [0.05, 0.1) is 23.7 Å². The van der Waals surface area contributed by atoms with E-state index in [9.17, 15) is 0 Å². The number of nitrogens with zero attached hydrogens (tertiary/aromatic N) is 2. The molecule has 0 amide bonds. The molecule has 10 aromatic rings. The van der Waals surface area contributed by atoms with Crippen molar-refractivity contribution in [2.24, 2.45) is 41.8 Å². The fourth-order valence-corrected chi connectivity index (χ4v) is 33.9. The van der Waals surface area contributed by atoms with Crippen LogP contribution in [-0.4, -0.2) is 57.2 Å². The summed E-state index contributed by atoms with van der Waals surface area (Å²) < 4.78 is 110. The summed E-state index contributed by atoms with van der Waals surface area (Å²) in [5.41, 5.74) is 0.575. The van der Waals surface area contributed by atoms with Gasteiger partial charge >= 0.3 is 0 Å². The minimum atomic E-state index is -4.52. The molecule has 502 valence electrons. The molecule has 2 heterocycles. The van der Waals surface area contributed by atoms with E-state index in [1.54, 1.807) is 0 Å². The predicted octanol–water partition coefficient (Wildman–Crippen LogP) is 19.2. The molecule has 4 bridgehead atoms. The summed E-state index contributed by atoms with van der Waals surface area (Å²) in [6.45, 7) is 31.7. The van der Waals surface area contributed by atoms with Crippen molar-refractivity contribution >= 4 is 126 Å². The molecule has 8 aromatic carbocycles. The van der Waals surface area contributed by atoms with Gasteiger partial charge in [-0.15, -0.1) is 0 Å². The highest BCUT2D eigenvalue weighted by atomic mass is 32.2. The van der Waals surface area contributed by atoms with Crippen molar-refractivity contribution in [1.82, 2.24) is 0 Å². The van der Waals surface area contributed by atoms with Crippen LogP contribution >= 0.6 is 14.1 Å². The van der Waals surface area contributed by atoms with E-state index in [1.165, 1.54) is 0 Å². The Morgan fingerprint density at radius 3 is 1.05 bits per heavy atom. The van der Waals surface area contributed by atoms with Crippen molar-refractivity contribution in [3.8, 4) is 11.1 Å². The van der Waals surface area contributed by atoms with Crippen LogP contribution < -0.4 is 32.2 Å². The SMILES string of the molecule is CC1(C)[C@@H]2CC[C@@]1(CS(=O)(=O)N=P(c1ccccc1)(c1ccccc1)c1oc3ccc4ccccc4c3c1-c1c(P(=NS(=O)(=O)C[C@]34CC[C@H](C[C@H]3O[Si](C)(C)C(C)(C)C)C4(C)C)(c3ccccc3)c3ccccc3)oc3ccc4ccccc4c13)[C@H](O[Si](C)(C)C(C)(C)C)C2. The smallest absolute Gasteiger partial charge is 0.253 e. The van der Waals surface area contributed by atoms with Gasteiger partial charge in [-0.25, -0.2) is 16.8 Å². The fourth-order valence-electron chi connectivity index (χ4n) is 17.4. The number of rotatable bonds is 17. The van der Waals surface area contributed by atoms with Crippen LogP contribution in [0.4, 0.5) is 0 Å². The second kappa shape index (κ2) is 23.3. The Balaban J connectivity index is 1.14. The lowest BCUT2D eigenvalue weighted by Gasteiger charge is -2.47. The van der Waals surface area contributed by atoms with Crippen molar-refractivity contribution in [2.45, 2.75) is 156 Å². The zero-order chi connectivity index (χ0) is 68.1. The maximum absolute atomic E-state index is 16.9. The Morgan fingerprint density at radius 2 is 0.750 bits per heavy atom. The van der Waals surface area contributed by atoms with E-state index in [2.05, 4.69) is 132 Å². The molecule has 4 aliphatic carbocycles. The molecular weight excluding hydrogens is 1300 g/mol. The number of sulfonamides is 2. The van der Waals surface area contributed by atoms with Crippen molar-refractivity contribution in [1.29, 1.82) is 0 Å². The molecule has 4 fully saturated rings. The van der Waals surface area contributed by atoms with Gasteiger partial charge in [0.25, 0.3) is 20.0 Å². The maximum Gasteiger partial charge on any atom is 0.253 e. The first-order valence-electron chi connectivity index (χ1n) is 34.4. The average molecular weight is 1390 g/mol. The summed E-state index contributed by atoms with van der Waals surface area (Å²) in [7, 11) is -22.0.